The van der Waals surface area contributed by atoms with E-state index in [1.54, 1.807) is 12.1 Å². The molecule has 1 saturated heterocycles. The van der Waals surface area contributed by atoms with Crippen LogP contribution in [0.15, 0.2) is 24.3 Å². The molecule has 0 radical (unpaired) electrons. The van der Waals surface area contributed by atoms with Crippen LogP contribution in [0.25, 0.3) is 0 Å². The van der Waals surface area contributed by atoms with Crippen LogP contribution in [0.2, 0.25) is 0 Å². The molecule has 1 aliphatic rings. The summed E-state index contributed by atoms with van der Waals surface area (Å²) in [5.74, 6) is -0.0767. The zero-order chi connectivity index (χ0) is 10.7. The van der Waals surface area contributed by atoms with E-state index in [2.05, 4.69) is 0 Å². The Balaban J connectivity index is 2.18. The quantitative estimate of drug-likeness (QED) is 0.826. The molecular formula is C12H16FNO. The van der Waals surface area contributed by atoms with Gasteiger partial charge in [-0.2, -0.15) is 0 Å². The fourth-order valence-electron chi connectivity index (χ4n) is 2.16. The summed E-state index contributed by atoms with van der Waals surface area (Å²) in [6.45, 7) is 1.31. The van der Waals surface area contributed by atoms with Crippen molar-refractivity contribution in [3.05, 3.63) is 35.6 Å². The molecule has 0 aromatic heterocycles. The average Bonchev–Trinajstić information content (AvgIpc) is 2.72. The summed E-state index contributed by atoms with van der Waals surface area (Å²) >= 11 is 0. The van der Waals surface area contributed by atoms with Crippen LogP contribution >= 0.6 is 0 Å². The summed E-state index contributed by atoms with van der Waals surface area (Å²) in [5.41, 5.74) is 6.68. The molecule has 1 heterocycles. The van der Waals surface area contributed by atoms with Gasteiger partial charge in [-0.15, -0.1) is 0 Å². The first-order chi connectivity index (χ1) is 7.31. The third-order valence-corrected chi connectivity index (χ3v) is 2.94. The van der Waals surface area contributed by atoms with Gasteiger partial charge in [-0.3, -0.25) is 0 Å². The van der Waals surface area contributed by atoms with Gasteiger partial charge >= 0.3 is 0 Å². The molecule has 15 heavy (non-hydrogen) atoms. The lowest BCUT2D eigenvalue weighted by Gasteiger charge is -2.21. The van der Waals surface area contributed by atoms with Crippen molar-refractivity contribution in [1.29, 1.82) is 0 Å². The number of hydrogen-bond acceptors (Lipinski definition) is 2. The Morgan fingerprint density at radius 1 is 1.53 bits per heavy atom. The van der Waals surface area contributed by atoms with Crippen molar-refractivity contribution >= 4 is 0 Å². The average molecular weight is 209 g/mol. The second kappa shape index (κ2) is 4.73. The van der Waals surface area contributed by atoms with Crippen LogP contribution in [0.3, 0.4) is 0 Å². The van der Waals surface area contributed by atoms with Gasteiger partial charge in [0.1, 0.15) is 5.82 Å². The monoisotopic (exact) mass is 209 g/mol. The molecule has 1 aliphatic heterocycles. The summed E-state index contributed by atoms with van der Waals surface area (Å²) in [5, 5.41) is 0. The van der Waals surface area contributed by atoms with Gasteiger partial charge in [0.05, 0.1) is 6.10 Å². The number of ether oxygens (including phenoxy) is 1. The molecule has 1 fully saturated rings. The van der Waals surface area contributed by atoms with Gasteiger partial charge in [0.2, 0.25) is 0 Å². The summed E-state index contributed by atoms with van der Waals surface area (Å²) in [6, 6.07) is 6.65. The van der Waals surface area contributed by atoms with Crippen molar-refractivity contribution in [2.45, 2.75) is 24.9 Å². The maximum absolute atomic E-state index is 13.1. The predicted molar refractivity (Wildman–Crippen MR) is 57.2 cm³/mol. The highest BCUT2D eigenvalue weighted by molar-refractivity contribution is 5.22. The van der Waals surface area contributed by atoms with Gasteiger partial charge in [0.25, 0.3) is 0 Å². The predicted octanol–water partition coefficient (Wildman–Crippen LogP) is 2.05. The second-order valence-electron chi connectivity index (χ2n) is 3.95. The molecular weight excluding hydrogens is 193 g/mol. The standard InChI is InChI=1S/C12H16FNO/c13-10-4-1-3-9(7-10)11(8-14)12-5-2-6-15-12/h1,3-4,7,11-12H,2,5-6,8,14H2. The summed E-state index contributed by atoms with van der Waals surface area (Å²) < 4.78 is 18.7. The molecule has 2 rings (SSSR count). The Kier molecular flexibility index (Phi) is 3.34. The molecule has 0 amide bonds. The highest BCUT2D eigenvalue weighted by Crippen LogP contribution is 2.28. The SMILES string of the molecule is NCC(c1cccc(F)c1)C1CCCO1. The highest BCUT2D eigenvalue weighted by Gasteiger charge is 2.26. The molecule has 0 bridgehead atoms. The zero-order valence-corrected chi connectivity index (χ0v) is 8.66. The first-order valence-corrected chi connectivity index (χ1v) is 5.38. The topological polar surface area (TPSA) is 35.2 Å². The van der Waals surface area contributed by atoms with Gasteiger partial charge in [-0.05, 0) is 30.5 Å². The van der Waals surface area contributed by atoms with Crippen LogP contribution in [0.4, 0.5) is 4.39 Å². The third kappa shape index (κ3) is 2.36. The zero-order valence-electron chi connectivity index (χ0n) is 8.66. The summed E-state index contributed by atoms with van der Waals surface area (Å²) in [6.07, 6.45) is 2.27. The van der Waals surface area contributed by atoms with Crippen LogP contribution in [-0.2, 0) is 4.74 Å². The highest BCUT2D eigenvalue weighted by atomic mass is 19.1. The Morgan fingerprint density at radius 2 is 2.40 bits per heavy atom. The van der Waals surface area contributed by atoms with E-state index < -0.39 is 0 Å². The molecule has 2 nitrogen and oxygen atoms in total. The van der Waals surface area contributed by atoms with E-state index in [-0.39, 0.29) is 17.8 Å². The molecule has 2 unspecified atom stereocenters. The number of nitrogens with two attached hydrogens (primary N) is 1. The molecule has 0 saturated carbocycles. The van der Waals surface area contributed by atoms with Crippen molar-refractivity contribution in [2.75, 3.05) is 13.2 Å². The van der Waals surface area contributed by atoms with E-state index in [1.165, 1.54) is 6.07 Å². The minimum absolute atomic E-state index is 0.128. The van der Waals surface area contributed by atoms with Crippen molar-refractivity contribution in [3.8, 4) is 0 Å². The van der Waals surface area contributed by atoms with Crippen molar-refractivity contribution in [2.24, 2.45) is 5.73 Å². The lowest BCUT2D eigenvalue weighted by Crippen LogP contribution is -2.25. The van der Waals surface area contributed by atoms with Crippen molar-refractivity contribution < 1.29 is 9.13 Å². The normalized spacial score (nSPS) is 22.9. The molecule has 1 aromatic rings. The number of hydrogen-bond donors (Lipinski definition) is 1. The molecule has 0 aliphatic carbocycles. The molecule has 0 spiro atoms. The lowest BCUT2D eigenvalue weighted by molar-refractivity contribution is 0.0904. The van der Waals surface area contributed by atoms with Gasteiger partial charge < -0.3 is 10.5 Å². The minimum Gasteiger partial charge on any atom is -0.378 e. The smallest absolute Gasteiger partial charge is 0.123 e. The van der Waals surface area contributed by atoms with Crippen LogP contribution in [0.5, 0.6) is 0 Å². The van der Waals surface area contributed by atoms with E-state index in [4.69, 9.17) is 10.5 Å². The van der Waals surface area contributed by atoms with Crippen LogP contribution in [0.1, 0.15) is 24.3 Å². The molecule has 1 aromatic carbocycles. The number of rotatable bonds is 3. The van der Waals surface area contributed by atoms with E-state index >= 15 is 0 Å². The van der Waals surface area contributed by atoms with E-state index in [0.29, 0.717) is 6.54 Å². The number of benzene rings is 1. The largest absolute Gasteiger partial charge is 0.378 e. The Labute approximate surface area is 89.2 Å². The molecule has 82 valence electrons. The minimum atomic E-state index is -0.205. The van der Waals surface area contributed by atoms with Gasteiger partial charge in [0.15, 0.2) is 0 Å². The van der Waals surface area contributed by atoms with Gasteiger partial charge in [0, 0.05) is 19.1 Å². The van der Waals surface area contributed by atoms with Crippen LogP contribution < -0.4 is 5.73 Å². The third-order valence-electron chi connectivity index (χ3n) is 2.94. The van der Waals surface area contributed by atoms with Crippen molar-refractivity contribution in [3.63, 3.8) is 0 Å². The fourth-order valence-corrected chi connectivity index (χ4v) is 2.16. The first kappa shape index (κ1) is 10.6. The molecule has 2 N–H and O–H groups in total. The van der Waals surface area contributed by atoms with E-state index in [1.807, 2.05) is 6.07 Å². The first-order valence-electron chi connectivity index (χ1n) is 5.38. The maximum Gasteiger partial charge on any atom is 0.123 e. The lowest BCUT2D eigenvalue weighted by atomic mass is 9.92. The van der Waals surface area contributed by atoms with Crippen LogP contribution in [-0.4, -0.2) is 19.3 Å². The van der Waals surface area contributed by atoms with Gasteiger partial charge in [-0.1, -0.05) is 12.1 Å². The van der Waals surface area contributed by atoms with Crippen molar-refractivity contribution in [1.82, 2.24) is 0 Å². The molecule has 3 heteroatoms. The van der Waals surface area contributed by atoms with E-state index in [0.717, 1.165) is 25.0 Å². The Hall–Kier alpha value is -0.930. The fraction of sp³-hybridized carbons (Fsp3) is 0.500. The maximum atomic E-state index is 13.1. The summed E-state index contributed by atoms with van der Waals surface area (Å²) in [4.78, 5) is 0. The Bertz CT molecular complexity index is 323. The molecule has 2 atom stereocenters. The second-order valence-corrected chi connectivity index (χ2v) is 3.95. The Morgan fingerprint density at radius 3 is 3.00 bits per heavy atom. The van der Waals surface area contributed by atoms with Crippen LogP contribution in [0, 0.1) is 5.82 Å². The van der Waals surface area contributed by atoms with E-state index in [9.17, 15) is 4.39 Å². The number of halogens is 1. The summed E-state index contributed by atoms with van der Waals surface area (Å²) in [7, 11) is 0. The van der Waals surface area contributed by atoms with Gasteiger partial charge in [-0.25, -0.2) is 4.39 Å².